The highest BCUT2D eigenvalue weighted by Crippen LogP contribution is 2.26. The Morgan fingerprint density at radius 2 is 2.00 bits per heavy atom. The molecule has 1 N–H and O–H groups in total. The van der Waals surface area contributed by atoms with E-state index in [1.54, 1.807) is 37.7 Å². The number of ether oxygens (including phenoxy) is 1. The van der Waals surface area contributed by atoms with Crippen LogP contribution in [0.2, 0.25) is 0 Å². The van der Waals surface area contributed by atoms with Gasteiger partial charge in [0, 0.05) is 44.2 Å². The lowest BCUT2D eigenvalue weighted by Gasteiger charge is -2.05. The van der Waals surface area contributed by atoms with Crippen LogP contribution in [0, 0.1) is 10.1 Å². The maximum Gasteiger partial charge on any atom is 0.280 e. The highest BCUT2D eigenvalue weighted by molar-refractivity contribution is 5.67. The molecule has 2 rings (SSSR count). The summed E-state index contributed by atoms with van der Waals surface area (Å²) in [6.07, 6.45) is 3.33. The van der Waals surface area contributed by atoms with Gasteiger partial charge in [0.05, 0.1) is 17.1 Å². The highest BCUT2D eigenvalue weighted by atomic mass is 16.6. The van der Waals surface area contributed by atoms with Gasteiger partial charge in [-0.3, -0.25) is 10.1 Å². The van der Waals surface area contributed by atoms with Gasteiger partial charge in [0.2, 0.25) is 0 Å². The maximum atomic E-state index is 11.0. The molecular weight excluding hydrogens is 272 g/mol. The fourth-order valence-corrected chi connectivity index (χ4v) is 1.81. The lowest BCUT2D eigenvalue weighted by Crippen LogP contribution is -2.18. The lowest BCUT2D eigenvalue weighted by atomic mass is 10.1. The van der Waals surface area contributed by atoms with Crippen molar-refractivity contribution in [1.29, 1.82) is 0 Å². The topological polar surface area (TPSA) is 90.2 Å². The van der Waals surface area contributed by atoms with E-state index in [1.807, 2.05) is 0 Å². The van der Waals surface area contributed by atoms with Gasteiger partial charge < -0.3 is 10.1 Å². The van der Waals surface area contributed by atoms with E-state index in [1.165, 1.54) is 6.07 Å². The van der Waals surface area contributed by atoms with E-state index in [0.29, 0.717) is 24.5 Å². The van der Waals surface area contributed by atoms with Crippen LogP contribution in [0.15, 0.2) is 36.7 Å². The second kappa shape index (κ2) is 7.41. The molecule has 0 atom stereocenters. The summed E-state index contributed by atoms with van der Waals surface area (Å²) in [7, 11) is 1.65. The monoisotopic (exact) mass is 288 g/mol. The minimum absolute atomic E-state index is 0.00321. The third-order valence-electron chi connectivity index (χ3n) is 2.86. The van der Waals surface area contributed by atoms with Gasteiger partial charge in [0.25, 0.3) is 5.69 Å². The van der Waals surface area contributed by atoms with E-state index in [-0.39, 0.29) is 5.69 Å². The molecule has 110 valence electrons. The van der Waals surface area contributed by atoms with Crippen molar-refractivity contribution in [1.82, 2.24) is 15.3 Å². The van der Waals surface area contributed by atoms with Crippen molar-refractivity contribution in [2.24, 2.45) is 0 Å². The van der Waals surface area contributed by atoms with Gasteiger partial charge in [-0.1, -0.05) is 12.1 Å². The number of para-hydroxylation sites is 1. The molecule has 21 heavy (non-hydrogen) atoms. The summed E-state index contributed by atoms with van der Waals surface area (Å²) in [5, 5.41) is 14.2. The number of hydrogen-bond acceptors (Lipinski definition) is 6. The third kappa shape index (κ3) is 4.04. The van der Waals surface area contributed by atoms with Crippen molar-refractivity contribution in [3.8, 4) is 11.4 Å². The van der Waals surface area contributed by atoms with Crippen molar-refractivity contribution >= 4 is 5.69 Å². The Balaban J connectivity index is 2.10. The van der Waals surface area contributed by atoms with E-state index in [9.17, 15) is 10.1 Å². The number of nitrogens with one attached hydrogen (secondary N) is 1. The van der Waals surface area contributed by atoms with Gasteiger partial charge in [-0.05, 0) is 6.07 Å². The average Bonchev–Trinajstić information content (AvgIpc) is 2.52. The first-order valence-electron chi connectivity index (χ1n) is 6.46. The first kappa shape index (κ1) is 15.0. The summed E-state index contributed by atoms with van der Waals surface area (Å²) in [6.45, 7) is 2.00. The predicted octanol–water partition coefficient (Wildman–Crippen LogP) is 1.79. The van der Waals surface area contributed by atoms with Crippen LogP contribution >= 0.6 is 0 Å². The normalized spacial score (nSPS) is 10.5. The van der Waals surface area contributed by atoms with Crippen LogP contribution < -0.4 is 5.32 Å². The molecule has 7 nitrogen and oxygen atoms in total. The fourth-order valence-electron chi connectivity index (χ4n) is 1.81. The van der Waals surface area contributed by atoms with Gasteiger partial charge in [-0.2, -0.15) is 0 Å². The number of rotatable bonds is 7. The Morgan fingerprint density at radius 3 is 2.67 bits per heavy atom. The van der Waals surface area contributed by atoms with Crippen LogP contribution in [0.1, 0.15) is 5.56 Å². The molecule has 0 unspecified atom stereocenters. The Kier molecular flexibility index (Phi) is 5.30. The molecule has 0 saturated heterocycles. The number of methoxy groups -OCH3 is 1. The van der Waals surface area contributed by atoms with Crippen molar-refractivity contribution in [2.45, 2.75) is 6.54 Å². The molecule has 0 aliphatic carbocycles. The van der Waals surface area contributed by atoms with Crippen LogP contribution in [0.3, 0.4) is 0 Å². The fraction of sp³-hybridized carbons (Fsp3) is 0.286. The summed E-state index contributed by atoms with van der Waals surface area (Å²) >= 11 is 0. The predicted molar refractivity (Wildman–Crippen MR) is 77.7 cm³/mol. The molecule has 0 aliphatic heterocycles. The summed E-state index contributed by atoms with van der Waals surface area (Å²) < 4.78 is 4.93. The number of benzene rings is 1. The van der Waals surface area contributed by atoms with E-state index in [4.69, 9.17) is 4.74 Å². The van der Waals surface area contributed by atoms with Crippen molar-refractivity contribution in [3.05, 3.63) is 52.3 Å². The van der Waals surface area contributed by atoms with Crippen molar-refractivity contribution in [2.75, 3.05) is 20.3 Å². The van der Waals surface area contributed by atoms with Crippen molar-refractivity contribution in [3.63, 3.8) is 0 Å². The average molecular weight is 288 g/mol. The standard InChI is InChI=1S/C14H16N4O3/c1-21-7-6-15-8-11-9-16-14(17-10-11)12-4-2-3-5-13(12)18(19)20/h2-5,9-10,15H,6-8H2,1H3. The molecule has 0 fully saturated rings. The molecule has 7 heteroatoms. The second-order valence-electron chi connectivity index (χ2n) is 4.36. The zero-order chi connectivity index (χ0) is 15.1. The Morgan fingerprint density at radius 1 is 1.29 bits per heavy atom. The van der Waals surface area contributed by atoms with Gasteiger partial charge in [-0.25, -0.2) is 9.97 Å². The lowest BCUT2D eigenvalue weighted by molar-refractivity contribution is -0.384. The number of nitro benzene ring substituents is 1. The van der Waals surface area contributed by atoms with Crippen LogP contribution in [-0.4, -0.2) is 35.2 Å². The van der Waals surface area contributed by atoms with Crippen LogP contribution in [-0.2, 0) is 11.3 Å². The van der Waals surface area contributed by atoms with Crippen LogP contribution in [0.5, 0.6) is 0 Å². The van der Waals surface area contributed by atoms with Crippen LogP contribution in [0.25, 0.3) is 11.4 Å². The number of nitro groups is 1. The Hall–Kier alpha value is -2.38. The molecule has 1 aromatic heterocycles. The van der Waals surface area contributed by atoms with E-state index in [2.05, 4.69) is 15.3 Å². The molecule has 2 aromatic rings. The first-order chi connectivity index (χ1) is 10.2. The summed E-state index contributed by atoms with van der Waals surface area (Å²) in [5.74, 6) is 0.350. The summed E-state index contributed by atoms with van der Waals surface area (Å²) in [4.78, 5) is 19.0. The number of nitrogens with zero attached hydrogens (tertiary/aromatic N) is 3. The summed E-state index contributed by atoms with van der Waals surface area (Å²) in [5.41, 5.74) is 1.33. The third-order valence-corrected chi connectivity index (χ3v) is 2.86. The number of hydrogen-bond donors (Lipinski definition) is 1. The zero-order valence-electron chi connectivity index (χ0n) is 11.7. The zero-order valence-corrected chi connectivity index (χ0v) is 11.7. The van der Waals surface area contributed by atoms with Gasteiger partial charge in [0.1, 0.15) is 0 Å². The molecule has 0 amide bonds. The second-order valence-corrected chi connectivity index (χ2v) is 4.36. The highest BCUT2D eigenvalue weighted by Gasteiger charge is 2.15. The minimum Gasteiger partial charge on any atom is -0.383 e. The maximum absolute atomic E-state index is 11.0. The van der Waals surface area contributed by atoms with Gasteiger partial charge >= 0.3 is 0 Å². The quantitative estimate of drug-likeness (QED) is 0.474. The molecule has 1 aromatic carbocycles. The van der Waals surface area contributed by atoms with Gasteiger partial charge in [-0.15, -0.1) is 0 Å². The van der Waals surface area contributed by atoms with Crippen LogP contribution in [0.4, 0.5) is 5.69 Å². The molecule has 0 radical (unpaired) electrons. The van der Waals surface area contributed by atoms with Crippen molar-refractivity contribution < 1.29 is 9.66 Å². The smallest absolute Gasteiger partial charge is 0.280 e. The Labute approximate surface area is 122 Å². The molecule has 0 aliphatic rings. The molecule has 0 saturated carbocycles. The largest absolute Gasteiger partial charge is 0.383 e. The van der Waals surface area contributed by atoms with E-state index in [0.717, 1.165) is 12.1 Å². The van der Waals surface area contributed by atoms with E-state index >= 15 is 0 Å². The molecule has 1 heterocycles. The molecule has 0 bridgehead atoms. The summed E-state index contributed by atoms with van der Waals surface area (Å²) in [6, 6.07) is 6.44. The molecular formula is C14H16N4O3. The SMILES string of the molecule is COCCNCc1cnc(-c2ccccc2[N+](=O)[O-])nc1. The minimum atomic E-state index is -0.432. The first-order valence-corrected chi connectivity index (χ1v) is 6.46. The van der Waals surface area contributed by atoms with E-state index < -0.39 is 4.92 Å². The van der Waals surface area contributed by atoms with Gasteiger partial charge in [0.15, 0.2) is 5.82 Å². The molecule has 0 spiro atoms. The Bertz CT molecular complexity index is 601. The number of aromatic nitrogens is 2.